The molecule has 1 heterocycles. The van der Waals surface area contributed by atoms with Gasteiger partial charge in [-0.15, -0.1) is 0 Å². The van der Waals surface area contributed by atoms with Crippen molar-refractivity contribution < 1.29 is 9.47 Å². The second-order valence-corrected chi connectivity index (χ2v) is 4.98. The van der Waals surface area contributed by atoms with E-state index in [0.717, 1.165) is 35.2 Å². The maximum atomic E-state index is 6.21. The predicted octanol–water partition coefficient (Wildman–Crippen LogP) is 4.04. The van der Waals surface area contributed by atoms with E-state index in [1.54, 1.807) is 20.3 Å². The average Bonchev–Trinajstić information content (AvgIpc) is 2.44. The molecule has 20 heavy (non-hydrogen) atoms. The van der Waals surface area contributed by atoms with Crippen LogP contribution in [0.15, 0.2) is 12.1 Å². The third-order valence-electron chi connectivity index (χ3n) is 3.13. The van der Waals surface area contributed by atoms with Crippen LogP contribution in [0.2, 0.25) is 5.02 Å². The van der Waals surface area contributed by atoms with E-state index in [9.17, 15) is 0 Å². The zero-order chi connectivity index (χ0) is 14.7. The van der Waals surface area contributed by atoms with Crippen LogP contribution in [-0.2, 0) is 0 Å². The van der Waals surface area contributed by atoms with Gasteiger partial charge in [-0.05, 0) is 25.0 Å². The van der Waals surface area contributed by atoms with Gasteiger partial charge < -0.3 is 14.8 Å². The molecule has 2 aromatic rings. The van der Waals surface area contributed by atoms with Crippen molar-refractivity contribution in [2.24, 2.45) is 0 Å². The molecular weight excluding hydrogens is 276 g/mol. The fraction of sp³-hybridized carbons (Fsp3) is 0.400. The quantitative estimate of drug-likeness (QED) is 0.904. The molecule has 0 atom stereocenters. The van der Waals surface area contributed by atoms with Crippen molar-refractivity contribution in [3.63, 3.8) is 0 Å². The number of nitrogens with zero attached hydrogens (tertiary/aromatic N) is 1. The van der Waals surface area contributed by atoms with Gasteiger partial charge in [-0.25, -0.2) is 4.98 Å². The molecule has 0 aliphatic carbocycles. The molecule has 0 radical (unpaired) electrons. The summed E-state index contributed by atoms with van der Waals surface area (Å²) in [4.78, 5) is 4.66. The number of benzene rings is 1. The lowest BCUT2D eigenvalue weighted by Crippen LogP contribution is -2.05. The van der Waals surface area contributed by atoms with Crippen LogP contribution in [0.5, 0.6) is 11.5 Å². The first kappa shape index (κ1) is 14.7. The van der Waals surface area contributed by atoms with Gasteiger partial charge in [0.05, 0.1) is 19.2 Å². The van der Waals surface area contributed by atoms with Gasteiger partial charge in [0.1, 0.15) is 22.8 Å². The average molecular weight is 295 g/mol. The lowest BCUT2D eigenvalue weighted by molar-refractivity contribution is 0.410. The molecule has 1 aromatic heterocycles. The fourth-order valence-electron chi connectivity index (χ4n) is 2.14. The van der Waals surface area contributed by atoms with Crippen LogP contribution in [0, 0.1) is 6.92 Å². The van der Waals surface area contributed by atoms with E-state index >= 15 is 0 Å². The number of ether oxygens (including phenoxy) is 2. The molecule has 108 valence electrons. The molecule has 0 bridgehead atoms. The Hall–Kier alpha value is -1.68. The van der Waals surface area contributed by atoms with Crippen LogP contribution >= 0.6 is 11.6 Å². The third kappa shape index (κ3) is 2.61. The number of methoxy groups -OCH3 is 2. The molecule has 5 heteroatoms. The van der Waals surface area contributed by atoms with Crippen LogP contribution in [0.1, 0.15) is 18.9 Å². The Morgan fingerprint density at radius 2 is 2.00 bits per heavy atom. The highest BCUT2D eigenvalue weighted by Crippen LogP contribution is 2.39. The molecular formula is C15H19ClN2O2. The Morgan fingerprint density at radius 3 is 2.60 bits per heavy atom. The number of aromatic nitrogens is 1. The zero-order valence-electron chi connectivity index (χ0n) is 12.2. The summed E-state index contributed by atoms with van der Waals surface area (Å²) in [6.45, 7) is 5.01. The monoisotopic (exact) mass is 294 g/mol. The van der Waals surface area contributed by atoms with Crippen LogP contribution in [0.3, 0.4) is 0 Å². The Labute approximate surface area is 124 Å². The molecule has 1 aromatic carbocycles. The maximum Gasteiger partial charge on any atom is 0.147 e. The van der Waals surface area contributed by atoms with E-state index < -0.39 is 0 Å². The zero-order valence-corrected chi connectivity index (χ0v) is 13.0. The summed E-state index contributed by atoms with van der Waals surface area (Å²) in [6.07, 6.45) is 1.04. The molecule has 1 N–H and O–H groups in total. The smallest absolute Gasteiger partial charge is 0.147 e. The summed E-state index contributed by atoms with van der Waals surface area (Å²) >= 11 is 6.21. The second-order valence-electron chi connectivity index (χ2n) is 4.57. The Balaban J connectivity index is 2.69. The molecule has 4 nitrogen and oxygen atoms in total. The van der Waals surface area contributed by atoms with Crippen molar-refractivity contribution in [2.45, 2.75) is 20.3 Å². The number of anilines is 1. The van der Waals surface area contributed by atoms with Crippen molar-refractivity contribution in [2.75, 3.05) is 26.1 Å². The van der Waals surface area contributed by atoms with Gasteiger partial charge in [0.15, 0.2) is 0 Å². The number of aryl methyl sites for hydroxylation is 1. The first-order valence-electron chi connectivity index (χ1n) is 6.58. The van der Waals surface area contributed by atoms with Gasteiger partial charge in [0.25, 0.3) is 0 Å². The van der Waals surface area contributed by atoms with Crippen molar-refractivity contribution in [1.82, 2.24) is 4.98 Å². The summed E-state index contributed by atoms with van der Waals surface area (Å²) in [5, 5.41) is 4.70. The van der Waals surface area contributed by atoms with Crippen molar-refractivity contribution in [1.29, 1.82) is 0 Å². The normalized spacial score (nSPS) is 10.7. The first-order valence-corrected chi connectivity index (χ1v) is 6.95. The Kier molecular flexibility index (Phi) is 4.55. The van der Waals surface area contributed by atoms with E-state index in [1.807, 2.05) is 13.0 Å². The standard InChI is InChI=1S/C15H19ClN2O2/c1-5-6-17-15-9(2)7-10-13(18-15)12(19-3)8-11(16)14(10)20-4/h7-8H,5-6H2,1-4H3,(H,17,18). The van der Waals surface area contributed by atoms with Gasteiger partial charge in [0.2, 0.25) is 0 Å². The lowest BCUT2D eigenvalue weighted by Gasteiger charge is -2.14. The predicted molar refractivity (Wildman–Crippen MR) is 83.4 cm³/mol. The highest BCUT2D eigenvalue weighted by molar-refractivity contribution is 6.33. The van der Waals surface area contributed by atoms with Crippen LogP contribution < -0.4 is 14.8 Å². The van der Waals surface area contributed by atoms with E-state index in [0.29, 0.717) is 16.5 Å². The van der Waals surface area contributed by atoms with Crippen molar-refractivity contribution in [3.8, 4) is 11.5 Å². The van der Waals surface area contributed by atoms with Gasteiger partial charge >= 0.3 is 0 Å². The molecule has 0 aliphatic heterocycles. The summed E-state index contributed by atoms with van der Waals surface area (Å²) < 4.78 is 10.8. The molecule has 0 saturated heterocycles. The van der Waals surface area contributed by atoms with Crippen LogP contribution in [-0.4, -0.2) is 25.7 Å². The number of hydrogen-bond donors (Lipinski definition) is 1. The minimum Gasteiger partial charge on any atom is -0.494 e. The molecule has 0 saturated carbocycles. The number of rotatable bonds is 5. The lowest BCUT2D eigenvalue weighted by atomic mass is 10.1. The molecule has 2 rings (SSSR count). The van der Waals surface area contributed by atoms with Crippen molar-refractivity contribution in [3.05, 3.63) is 22.7 Å². The van der Waals surface area contributed by atoms with Crippen LogP contribution in [0.25, 0.3) is 10.9 Å². The molecule has 0 fully saturated rings. The summed E-state index contributed by atoms with van der Waals surface area (Å²) in [6, 6.07) is 3.75. The molecule has 0 unspecified atom stereocenters. The highest BCUT2D eigenvalue weighted by Gasteiger charge is 2.15. The number of halogens is 1. The second kappa shape index (κ2) is 6.18. The Bertz CT molecular complexity index is 629. The topological polar surface area (TPSA) is 43.4 Å². The first-order chi connectivity index (χ1) is 9.62. The maximum absolute atomic E-state index is 6.21. The van der Waals surface area contributed by atoms with Crippen LogP contribution in [0.4, 0.5) is 5.82 Å². The van der Waals surface area contributed by atoms with Crippen molar-refractivity contribution >= 4 is 28.3 Å². The summed E-state index contributed by atoms with van der Waals surface area (Å²) in [5.41, 5.74) is 1.80. The molecule has 0 amide bonds. The number of hydrogen-bond acceptors (Lipinski definition) is 4. The van der Waals surface area contributed by atoms with E-state index in [-0.39, 0.29) is 0 Å². The van der Waals surface area contributed by atoms with E-state index in [2.05, 4.69) is 17.2 Å². The Morgan fingerprint density at radius 1 is 1.25 bits per heavy atom. The minimum atomic E-state index is 0.521. The highest BCUT2D eigenvalue weighted by atomic mass is 35.5. The third-order valence-corrected chi connectivity index (χ3v) is 3.41. The van der Waals surface area contributed by atoms with Gasteiger partial charge in [-0.1, -0.05) is 18.5 Å². The molecule has 0 aliphatic rings. The van der Waals surface area contributed by atoms with Gasteiger partial charge in [0, 0.05) is 18.0 Å². The minimum absolute atomic E-state index is 0.521. The fourth-order valence-corrected chi connectivity index (χ4v) is 2.42. The number of fused-ring (bicyclic) bond motifs is 1. The number of nitrogens with one attached hydrogen (secondary N) is 1. The van der Waals surface area contributed by atoms with E-state index in [1.165, 1.54) is 0 Å². The molecule has 0 spiro atoms. The van der Waals surface area contributed by atoms with Gasteiger partial charge in [-0.3, -0.25) is 0 Å². The van der Waals surface area contributed by atoms with Gasteiger partial charge in [-0.2, -0.15) is 0 Å². The summed E-state index contributed by atoms with van der Waals surface area (Å²) in [5.74, 6) is 2.13. The van der Waals surface area contributed by atoms with E-state index in [4.69, 9.17) is 21.1 Å². The SMILES string of the molecule is CCCNc1nc2c(OC)cc(Cl)c(OC)c2cc1C. The summed E-state index contributed by atoms with van der Waals surface area (Å²) in [7, 11) is 3.21. The largest absolute Gasteiger partial charge is 0.494 e. The number of pyridine rings is 1.